The number of carbonyl (C=O) groups excluding carboxylic acids is 1. The van der Waals surface area contributed by atoms with Gasteiger partial charge < -0.3 is 16.0 Å². The van der Waals surface area contributed by atoms with Gasteiger partial charge >= 0.3 is 0 Å². The van der Waals surface area contributed by atoms with Gasteiger partial charge in [-0.05, 0) is 26.0 Å². The van der Waals surface area contributed by atoms with E-state index in [1.807, 2.05) is 12.1 Å². The highest BCUT2D eigenvalue weighted by Gasteiger charge is 2.32. The lowest BCUT2D eigenvalue weighted by atomic mass is 10.1. The zero-order valence-electron chi connectivity index (χ0n) is 15.8. The van der Waals surface area contributed by atoms with Gasteiger partial charge in [0.25, 0.3) is 0 Å². The van der Waals surface area contributed by atoms with E-state index in [-0.39, 0.29) is 36.0 Å². The molecule has 0 unspecified atom stereocenters. The molecule has 3 rings (SSSR count). The largest absolute Gasteiger partial charge is 0.392 e. The molecule has 9 heteroatoms. The summed E-state index contributed by atoms with van der Waals surface area (Å²) < 4.78 is 0. The van der Waals surface area contributed by atoms with E-state index < -0.39 is 0 Å². The van der Waals surface area contributed by atoms with Gasteiger partial charge in [-0.25, -0.2) is 14.8 Å². The molecule has 1 saturated heterocycles. The number of para-hydroxylation sites is 1. The number of carbonyl (C=O) groups is 1. The van der Waals surface area contributed by atoms with Crippen molar-refractivity contribution in [3.05, 3.63) is 46.9 Å². The first-order chi connectivity index (χ1) is 13.4. The molecule has 3 N–H and O–H groups in total. The van der Waals surface area contributed by atoms with Gasteiger partial charge in [-0.15, -0.1) is 0 Å². The monoisotopic (exact) mass is 399 g/mol. The fourth-order valence-electron chi connectivity index (χ4n) is 3.50. The van der Waals surface area contributed by atoms with Crippen molar-refractivity contribution >= 4 is 40.6 Å². The summed E-state index contributed by atoms with van der Waals surface area (Å²) in [5.41, 5.74) is 6.70. The molecule has 0 spiro atoms. The number of rotatable bonds is 4. The van der Waals surface area contributed by atoms with E-state index in [2.05, 4.69) is 43.8 Å². The summed E-state index contributed by atoms with van der Waals surface area (Å²) in [7, 11) is 0. The van der Waals surface area contributed by atoms with Crippen molar-refractivity contribution in [2.75, 3.05) is 35.6 Å². The second-order valence-electron chi connectivity index (χ2n) is 6.88. The number of nitrogens with one attached hydrogen (secondary N) is 1. The second-order valence-corrected chi connectivity index (χ2v) is 7.29. The van der Waals surface area contributed by atoms with E-state index in [1.54, 1.807) is 12.1 Å². The van der Waals surface area contributed by atoms with Gasteiger partial charge in [-0.2, -0.15) is 0 Å². The number of hydrogen-bond donors (Lipinski definition) is 2. The van der Waals surface area contributed by atoms with E-state index in [9.17, 15) is 4.79 Å². The molecule has 1 aliphatic rings. The molecule has 8 nitrogen and oxygen atoms in total. The van der Waals surface area contributed by atoms with Gasteiger partial charge in [-0.3, -0.25) is 9.69 Å². The first kappa shape index (κ1) is 19.9. The molecule has 2 heterocycles. The molecule has 1 aliphatic heterocycles. The molecule has 0 bridgehead atoms. The third-order valence-corrected chi connectivity index (χ3v) is 4.98. The Morgan fingerprint density at radius 3 is 2.64 bits per heavy atom. The van der Waals surface area contributed by atoms with Gasteiger partial charge in [0.15, 0.2) is 0 Å². The van der Waals surface area contributed by atoms with Crippen LogP contribution in [0.2, 0.25) is 5.02 Å². The summed E-state index contributed by atoms with van der Waals surface area (Å²) in [6.07, 6.45) is 1.45. The Bertz CT molecular complexity index is 901. The first-order valence-electron chi connectivity index (χ1n) is 8.94. The topological polar surface area (TPSA) is 91.7 Å². The highest BCUT2D eigenvalue weighted by molar-refractivity contribution is 6.33. The molecule has 0 radical (unpaired) electrons. The zero-order valence-corrected chi connectivity index (χ0v) is 16.5. The number of nitrogens with zero attached hydrogens (tertiary/aromatic N) is 5. The predicted molar refractivity (Wildman–Crippen MR) is 111 cm³/mol. The average molecular weight is 400 g/mol. The molecule has 1 amide bonds. The lowest BCUT2D eigenvalue weighted by molar-refractivity contribution is -0.117. The molecule has 0 aliphatic carbocycles. The van der Waals surface area contributed by atoms with E-state index in [4.69, 9.17) is 23.9 Å². The minimum Gasteiger partial charge on any atom is -0.392 e. The smallest absolute Gasteiger partial charge is 0.245 e. The van der Waals surface area contributed by atoms with Crippen LogP contribution in [0.25, 0.3) is 4.85 Å². The molecule has 146 valence electrons. The van der Waals surface area contributed by atoms with Crippen LogP contribution < -0.4 is 16.0 Å². The van der Waals surface area contributed by atoms with Crippen molar-refractivity contribution in [2.24, 2.45) is 0 Å². The van der Waals surface area contributed by atoms with Gasteiger partial charge in [0.2, 0.25) is 17.5 Å². The summed E-state index contributed by atoms with van der Waals surface area (Å²) in [5.74, 6) is 0.578. The SMILES string of the molecule is [C-]#[N+]c1cnc(N2[C@H](C)CN(CC(=O)Nc3ccccc3Cl)C[C@@H]2C)nc1N. The Hall–Kier alpha value is -2.89. The fraction of sp³-hybridized carbons (Fsp3) is 0.368. The molecule has 1 aromatic carbocycles. The van der Waals surface area contributed by atoms with Gasteiger partial charge in [0.05, 0.1) is 23.8 Å². The Morgan fingerprint density at radius 2 is 2.04 bits per heavy atom. The van der Waals surface area contributed by atoms with Crippen molar-refractivity contribution in [1.29, 1.82) is 0 Å². The lowest BCUT2D eigenvalue weighted by Gasteiger charge is -2.44. The number of piperazine rings is 1. The summed E-state index contributed by atoms with van der Waals surface area (Å²) in [6, 6.07) is 7.32. The Kier molecular flexibility index (Phi) is 5.97. The van der Waals surface area contributed by atoms with Crippen LogP contribution in [-0.4, -0.2) is 52.5 Å². The van der Waals surface area contributed by atoms with E-state index in [0.29, 0.717) is 29.7 Å². The van der Waals surface area contributed by atoms with Crippen molar-refractivity contribution in [2.45, 2.75) is 25.9 Å². The summed E-state index contributed by atoms with van der Waals surface area (Å²) in [6.45, 7) is 12.8. The maximum Gasteiger partial charge on any atom is 0.245 e. The number of nitrogens with two attached hydrogens (primary N) is 1. The van der Waals surface area contributed by atoms with Crippen molar-refractivity contribution in [3.8, 4) is 0 Å². The highest BCUT2D eigenvalue weighted by Crippen LogP contribution is 2.26. The molecular weight excluding hydrogens is 378 g/mol. The van der Waals surface area contributed by atoms with Crippen molar-refractivity contribution in [1.82, 2.24) is 14.9 Å². The zero-order chi connectivity index (χ0) is 20.3. The van der Waals surface area contributed by atoms with Crippen LogP contribution in [-0.2, 0) is 4.79 Å². The molecular formula is C19H22ClN7O. The highest BCUT2D eigenvalue weighted by atomic mass is 35.5. The summed E-state index contributed by atoms with van der Waals surface area (Å²) in [4.78, 5) is 28.5. The molecule has 0 saturated carbocycles. The minimum absolute atomic E-state index is 0.0788. The molecule has 2 aromatic rings. The van der Waals surface area contributed by atoms with E-state index in [0.717, 1.165) is 0 Å². The van der Waals surface area contributed by atoms with Crippen LogP contribution in [0.15, 0.2) is 30.5 Å². The van der Waals surface area contributed by atoms with Crippen LogP contribution >= 0.6 is 11.6 Å². The normalized spacial score (nSPS) is 19.9. The summed E-state index contributed by atoms with van der Waals surface area (Å²) >= 11 is 6.10. The van der Waals surface area contributed by atoms with Crippen molar-refractivity contribution < 1.29 is 4.79 Å². The van der Waals surface area contributed by atoms with E-state index >= 15 is 0 Å². The number of halogens is 1. The lowest BCUT2D eigenvalue weighted by Crippen LogP contribution is -2.58. The number of benzene rings is 1. The van der Waals surface area contributed by atoms with Crippen LogP contribution in [0.4, 0.5) is 23.1 Å². The third kappa shape index (κ3) is 4.32. The fourth-order valence-corrected chi connectivity index (χ4v) is 3.68. The number of amides is 1. The quantitative estimate of drug-likeness (QED) is 0.768. The minimum atomic E-state index is -0.108. The standard InChI is InChI=1S/C19H22ClN7O/c1-12-9-26(11-17(28)24-15-7-5-4-6-14(15)20)10-13(2)27(12)19-23-8-16(22-3)18(21)25-19/h4-8,12-13H,9-11H2,1-2H3,(H,24,28)(H2,21,23,25)/t12-,13+. The van der Waals surface area contributed by atoms with Gasteiger partial charge in [0.1, 0.15) is 5.82 Å². The Balaban J connectivity index is 1.64. The molecule has 1 aromatic heterocycles. The van der Waals surface area contributed by atoms with Crippen LogP contribution in [0.3, 0.4) is 0 Å². The van der Waals surface area contributed by atoms with Crippen LogP contribution in [0, 0.1) is 6.57 Å². The molecule has 2 atom stereocenters. The average Bonchev–Trinajstić information content (AvgIpc) is 2.63. The van der Waals surface area contributed by atoms with Crippen molar-refractivity contribution in [3.63, 3.8) is 0 Å². The third-order valence-electron chi connectivity index (χ3n) is 4.65. The molecule has 28 heavy (non-hydrogen) atoms. The maximum atomic E-state index is 12.4. The number of hydrogen-bond acceptors (Lipinski definition) is 6. The van der Waals surface area contributed by atoms with Crippen LogP contribution in [0.1, 0.15) is 13.8 Å². The molecule has 1 fully saturated rings. The number of aromatic nitrogens is 2. The predicted octanol–water partition coefficient (Wildman–Crippen LogP) is 2.80. The maximum absolute atomic E-state index is 12.4. The Morgan fingerprint density at radius 1 is 1.36 bits per heavy atom. The van der Waals surface area contributed by atoms with Crippen LogP contribution in [0.5, 0.6) is 0 Å². The first-order valence-corrected chi connectivity index (χ1v) is 9.32. The Labute approximate surface area is 169 Å². The van der Waals surface area contributed by atoms with Gasteiger partial charge in [0, 0.05) is 31.4 Å². The summed E-state index contributed by atoms with van der Waals surface area (Å²) in [5, 5.41) is 3.37. The van der Waals surface area contributed by atoms with Gasteiger partial charge in [-0.1, -0.05) is 23.7 Å². The van der Waals surface area contributed by atoms with E-state index in [1.165, 1.54) is 6.20 Å². The second kappa shape index (κ2) is 8.42. The number of anilines is 3. The number of nitrogen functional groups attached to an aromatic ring is 1.